The Morgan fingerprint density at radius 1 is 1.22 bits per heavy atom. The first-order chi connectivity index (χ1) is 11.3. The van der Waals surface area contributed by atoms with Gasteiger partial charge in [-0.3, -0.25) is 4.90 Å². The lowest BCUT2D eigenvalue weighted by Gasteiger charge is -2.26. The first-order valence-corrected chi connectivity index (χ1v) is 8.79. The smallest absolute Gasteiger partial charge is 0.135 e. The Bertz CT molecular complexity index is 826. The standard InChI is InChI=1S/C17H20N4OS/c18-12-1-2-13-15(11-12)20-17(14-3-10-23-16(13)14)19-4-5-21-6-8-22-9-7-21/h1-3,10-11H,4-9,18H2,(H,19,20). The summed E-state index contributed by atoms with van der Waals surface area (Å²) < 4.78 is 6.65. The van der Waals surface area contributed by atoms with Crippen LogP contribution in [0.2, 0.25) is 0 Å². The number of ether oxygens (including phenoxy) is 1. The van der Waals surface area contributed by atoms with Gasteiger partial charge >= 0.3 is 0 Å². The van der Waals surface area contributed by atoms with Gasteiger partial charge in [0.1, 0.15) is 5.82 Å². The molecule has 2 aromatic heterocycles. The number of morpholine rings is 1. The molecule has 1 saturated heterocycles. The molecule has 23 heavy (non-hydrogen) atoms. The molecular formula is C17H20N4OS. The number of anilines is 2. The number of rotatable bonds is 4. The number of nitrogens with one attached hydrogen (secondary N) is 1. The van der Waals surface area contributed by atoms with Crippen molar-refractivity contribution in [1.29, 1.82) is 0 Å². The first-order valence-electron chi connectivity index (χ1n) is 7.92. The summed E-state index contributed by atoms with van der Waals surface area (Å²) in [5.74, 6) is 0.951. The van der Waals surface area contributed by atoms with Gasteiger partial charge in [-0.2, -0.15) is 0 Å². The monoisotopic (exact) mass is 328 g/mol. The number of nitrogens with zero attached hydrogens (tertiary/aromatic N) is 2. The predicted molar refractivity (Wildman–Crippen MR) is 97.3 cm³/mol. The van der Waals surface area contributed by atoms with E-state index in [0.29, 0.717) is 0 Å². The lowest BCUT2D eigenvalue weighted by Crippen LogP contribution is -2.39. The summed E-state index contributed by atoms with van der Waals surface area (Å²) in [5.41, 5.74) is 7.62. The highest BCUT2D eigenvalue weighted by Crippen LogP contribution is 2.34. The summed E-state index contributed by atoms with van der Waals surface area (Å²) in [7, 11) is 0. The van der Waals surface area contributed by atoms with E-state index in [0.717, 1.165) is 56.4 Å². The van der Waals surface area contributed by atoms with Crippen molar-refractivity contribution in [3.05, 3.63) is 29.6 Å². The van der Waals surface area contributed by atoms with Crippen LogP contribution >= 0.6 is 11.3 Å². The second-order valence-electron chi connectivity index (χ2n) is 5.78. The minimum absolute atomic E-state index is 0.750. The number of hydrogen-bond donors (Lipinski definition) is 2. The van der Waals surface area contributed by atoms with Crippen LogP contribution in [0.3, 0.4) is 0 Å². The third-order valence-corrected chi connectivity index (χ3v) is 5.19. The average molecular weight is 328 g/mol. The predicted octanol–water partition coefficient (Wildman–Crippen LogP) is 2.78. The van der Waals surface area contributed by atoms with Crippen LogP contribution in [0.5, 0.6) is 0 Å². The fourth-order valence-corrected chi connectivity index (χ4v) is 3.94. The minimum atomic E-state index is 0.750. The van der Waals surface area contributed by atoms with E-state index < -0.39 is 0 Å². The Balaban J connectivity index is 1.58. The third-order valence-electron chi connectivity index (χ3n) is 4.24. The van der Waals surface area contributed by atoms with Crippen LogP contribution in [-0.2, 0) is 4.74 Å². The van der Waals surface area contributed by atoms with Crippen molar-refractivity contribution < 1.29 is 4.74 Å². The highest BCUT2D eigenvalue weighted by atomic mass is 32.1. The number of fused-ring (bicyclic) bond motifs is 3. The van der Waals surface area contributed by atoms with Gasteiger partial charge in [-0.1, -0.05) is 0 Å². The lowest BCUT2D eigenvalue weighted by molar-refractivity contribution is 0.0398. The highest BCUT2D eigenvalue weighted by molar-refractivity contribution is 7.18. The number of nitrogen functional groups attached to an aromatic ring is 1. The van der Waals surface area contributed by atoms with E-state index in [4.69, 9.17) is 15.5 Å². The molecule has 0 bridgehead atoms. The zero-order chi connectivity index (χ0) is 15.6. The molecule has 0 spiro atoms. The van der Waals surface area contributed by atoms with Gasteiger partial charge in [-0.15, -0.1) is 11.3 Å². The summed E-state index contributed by atoms with van der Waals surface area (Å²) in [4.78, 5) is 7.21. The number of nitrogens with two attached hydrogens (primary N) is 1. The third kappa shape index (κ3) is 2.97. The van der Waals surface area contributed by atoms with Crippen molar-refractivity contribution in [3.8, 4) is 0 Å². The van der Waals surface area contributed by atoms with E-state index in [1.54, 1.807) is 11.3 Å². The second-order valence-corrected chi connectivity index (χ2v) is 6.70. The largest absolute Gasteiger partial charge is 0.399 e. The summed E-state index contributed by atoms with van der Waals surface area (Å²) in [5, 5.41) is 7.98. The Hall–Kier alpha value is -1.89. The Kier molecular flexibility index (Phi) is 4.03. The van der Waals surface area contributed by atoms with Crippen molar-refractivity contribution in [3.63, 3.8) is 0 Å². The SMILES string of the molecule is Nc1ccc2c(c1)nc(NCCN1CCOCC1)c1ccsc12. The fraction of sp³-hybridized carbons (Fsp3) is 0.353. The summed E-state index contributed by atoms with van der Waals surface area (Å²) in [6.45, 7) is 5.58. The van der Waals surface area contributed by atoms with E-state index in [1.807, 2.05) is 12.1 Å². The first kappa shape index (κ1) is 14.7. The number of pyridine rings is 1. The molecule has 0 aliphatic carbocycles. The lowest BCUT2D eigenvalue weighted by atomic mass is 10.1. The van der Waals surface area contributed by atoms with E-state index >= 15 is 0 Å². The number of thiophene rings is 1. The molecule has 0 atom stereocenters. The fourth-order valence-electron chi connectivity index (χ4n) is 3.01. The molecule has 0 amide bonds. The quantitative estimate of drug-likeness (QED) is 0.721. The summed E-state index contributed by atoms with van der Waals surface area (Å²) >= 11 is 1.75. The van der Waals surface area contributed by atoms with Gasteiger partial charge in [-0.25, -0.2) is 4.98 Å². The maximum atomic E-state index is 5.92. The molecule has 5 nitrogen and oxygen atoms in total. The van der Waals surface area contributed by atoms with E-state index in [2.05, 4.69) is 27.7 Å². The zero-order valence-corrected chi connectivity index (χ0v) is 13.7. The molecule has 1 aliphatic heterocycles. The van der Waals surface area contributed by atoms with Crippen LogP contribution in [0.1, 0.15) is 0 Å². The molecule has 3 heterocycles. The van der Waals surface area contributed by atoms with Crippen LogP contribution in [0.4, 0.5) is 11.5 Å². The zero-order valence-electron chi connectivity index (χ0n) is 12.9. The van der Waals surface area contributed by atoms with Gasteiger partial charge in [0.25, 0.3) is 0 Å². The Morgan fingerprint density at radius 2 is 2.09 bits per heavy atom. The van der Waals surface area contributed by atoms with Crippen LogP contribution in [0, 0.1) is 0 Å². The molecule has 0 saturated carbocycles. The van der Waals surface area contributed by atoms with Crippen molar-refractivity contribution in [2.75, 3.05) is 50.4 Å². The molecule has 120 valence electrons. The second kappa shape index (κ2) is 6.31. The summed E-state index contributed by atoms with van der Waals surface area (Å²) in [6.07, 6.45) is 0. The topological polar surface area (TPSA) is 63.4 Å². The molecule has 1 aliphatic rings. The van der Waals surface area contributed by atoms with Crippen LogP contribution < -0.4 is 11.1 Å². The van der Waals surface area contributed by atoms with E-state index in [1.165, 1.54) is 15.5 Å². The number of benzene rings is 1. The maximum Gasteiger partial charge on any atom is 0.135 e. The van der Waals surface area contributed by atoms with Gasteiger partial charge < -0.3 is 15.8 Å². The molecule has 4 rings (SSSR count). The van der Waals surface area contributed by atoms with Gasteiger partial charge in [0.15, 0.2) is 0 Å². The molecule has 1 fully saturated rings. The molecule has 0 unspecified atom stereocenters. The molecule has 0 radical (unpaired) electrons. The highest BCUT2D eigenvalue weighted by Gasteiger charge is 2.12. The molecule has 1 aromatic carbocycles. The van der Waals surface area contributed by atoms with Crippen LogP contribution in [-0.4, -0.2) is 49.3 Å². The van der Waals surface area contributed by atoms with Crippen molar-refractivity contribution in [1.82, 2.24) is 9.88 Å². The van der Waals surface area contributed by atoms with E-state index in [-0.39, 0.29) is 0 Å². The molecule has 3 aromatic rings. The van der Waals surface area contributed by atoms with Crippen molar-refractivity contribution >= 4 is 43.8 Å². The van der Waals surface area contributed by atoms with Gasteiger partial charge in [0.2, 0.25) is 0 Å². The number of hydrogen-bond acceptors (Lipinski definition) is 6. The number of aromatic nitrogens is 1. The maximum absolute atomic E-state index is 5.92. The van der Waals surface area contributed by atoms with Crippen LogP contribution in [0.15, 0.2) is 29.6 Å². The van der Waals surface area contributed by atoms with Crippen molar-refractivity contribution in [2.24, 2.45) is 0 Å². The Morgan fingerprint density at radius 3 is 2.96 bits per heavy atom. The average Bonchev–Trinajstić information content (AvgIpc) is 3.05. The molecule has 6 heteroatoms. The Labute approximate surface area is 139 Å². The molecular weight excluding hydrogens is 308 g/mol. The normalized spacial score (nSPS) is 16.2. The van der Waals surface area contributed by atoms with Gasteiger partial charge in [0.05, 0.1) is 18.7 Å². The van der Waals surface area contributed by atoms with Gasteiger partial charge in [-0.05, 0) is 29.6 Å². The van der Waals surface area contributed by atoms with Crippen LogP contribution in [0.25, 0.3) is 21.0 Å². The van der Waals surface area contributed by atoms with E-state index in [9.17, 15) is 0 Å². The summed E-state index contributed by atoms with van der Waals surface area (Å²) in [6, 6.07) is 8.09. The minimum Gasteiger partial charge on any atom is -0.399 e. The van der Waals surface area contributed by atoms with Gasteiger partial charge in [0, 0.05) is 47.3 Å². The molecule has 3 N–H and O–H groups in total. The van der Waals surface area contributed by atoms with Crippen molar-refractivity contribution in [2.45, 2.75) is 0 Å².